The molecule has 1 unspecified atom stereocenters. The van der Waals surface area contributed by atoms with Gasteiger partial charge >= 0.3 is 0 Å². The molecule has 26 heavy (non-hydrogen) atoms. The minimum atomic E-state index is -0.461. The van der Waals surface area contributed by atoms with Gasteiger partial charge in [0.15, 0.2) is 5.58 Å². The Labute approximate surface area is 154 Å². The fraction of sp³-hybridized carbons (Fsp3) is 0.211. The molecule has 0 bridgehead atoms. The van der Waals surface area contributed by atoms with Crippen molar-refractivity contribution in [2.75, 3.05) is 11.4 Å². The third-order valence-corrected chi connectivity index (χ3v) is 4.94. The fourth-order valence-corrected chi connectivity index (χ4v) is 3.46. The molecule has 1 aromatic heterocycles. The van der Waals surface area contributed by atoms with Gasteiger partial charge < -0.3 is 15.1 Å². The second-order valence-electron chi connectivity index (χ2n) is 6.39. The van der Waals surface area contributed by atoms with Crippen molar-refractivity contribution in [1.29, 1.82) is 0 Å². The third-order valence-electron chi connectivity index (χ3n) is 4.70. The molecule has 4 rings (SSSR count). The number of rotatable bonds is 3. The number of aromatic nitrogens is 1. The van der Waals surface area contributed by atoms with Gasteiger partial charge in [-0.2, -0.15) is 0 Å². The van der Waals surface area contributed by atoms with E-state index >= 15 is 0 Å². The molecular weight excluding hydrogens is 354 g/mol. The van der Waals surface area contributed by atoms with Crippen molar-refractivity contribution in [3.8, 4) is 11.5 Å². The highest BCUT2D eigenvalue weighted by Crippen LogP contribution is 2.35. The topological polar surface area (TPSA) is 89.4 Å². The number of carbonyl (C=O) groups is 2. The Morgan fingerprint density at radius 1 is 1.35 bits per heavy atom. The first-order valence-electron chi connectivity index (χ1n) is 8.20. The van der Waals surface area contributed by atoms with Crippen molar-refractivity contribution < 1.29 is 14.0 Å². The van der Waals surface area contributed by atoms with Crippen molar-refractivity contribution in [3.63, 3.8) is 0 Å². The van der Waals surface area contributed by atoms with Gasteiger partial charge in [-0.25, -0.2) is 4.98 Å². The summed E-state index contributed by atoms with van der Waals surface area (Å²) in [7, 11) is 0. The molecule has 2 amide bonds. The Hall–Kier alpha value is -2.86. The van der Waals surface area contributed by atoms with E-state index in [0.717, 1.165) is 16.8 Å². The zero-order valence-electron chi connectivity index (χ0n) is 14.0. The zero-order chi connectivity index (χ0) is 18.4. The predicted molar refractivity (Wildman–Crippen MR) is 98.8 cm³/mol. The second-order valence-corrected chi connectivity index (χ2v) is 6.82. The van der Waals surface area contributed by atoms with E-state index in [2.05, 4.69) is 4.98 Å². The van der Waals surface area contributed by atoms with E-state index < -0.39 is 11.8 Å². The lowest BCUT2D eigenvalue weighted by Gasteiger charge is -2.20. The number of hydrogen-bond acceptors (Lipinski definition) is 4. The van der Waals surface area contributed by atoms with Gasteiger partial charge in [-0.1, -0.05) is 17.7 Å². The Morgan fingerprint density at radius 2 is 2.15 bits per heavy atom. The zero-order valence-corrected chi connectivity index (χ0v) is 14.8. The first kappa shape index (κ1) is 16.6. The maximum atomic E-state index is 12.3. The summed E-state index contributed by atoms with van der Waals surface area (Å²) in [5, 5.41) is 0.586. The maximum Gasteiger partial charge on any atom is 0.227 e. The molecule has 0 saturated carbocycles. The number of halogens is 1. The molecular formula is C19H16ClN3O3. The SMILES string of the molecule is Cc1c(-c2nc3cc(Cl)ccc3o2)cccc1N1CC(C(N)=O)CC1=O. The summed E-state index contributed by atoms with van der Waals surface area (Å²) in [5.41, 5.74) is 9.04. The number of nitrogens with zero attached hydrogens (tertiary/aromatic N) is 2. The van der Waals surface area contributed by atoms with Gasteiger partial charge in [0.05, 0.1) is 5.92 Å². The van der Waals surface area contributed by atoms with Crippen LogP contribution >= 0.6 is 11.6 Å². The van der Waals surface area contributed by atoms with E-state index in [-0.39, 0.29) is 12.3 Å². The number of amides is 2. The molecule has 2 aromatic carbocycles. The van der Waals surface area contributed by atoms with Gasteiger partial charge in [-0.15, -0.1) is 0 Å². The van der Waals surface area contributed by atoms with Crippen LogP contribution in [0.25, 0.3) is 22.6 Å². The number of oxazole rings is 1. The first-order chi connectivity index (χ1) is 12.4. The van der Waals surface area contributed by atoms with Crippen molar-refractivity contribution in [2.45, 2.75) is 13.3 Å². The van der Waals surface area contributed by atoms with Gasteiger partial charge in [-0.05, 0) is 42.8 Å². The van der Waals surface area contributed by atoms with E-state index in [9.17, 15) is 9.59 Å². The van der Waals surface area contributed by atoms with E-state index in [1.807, 2.05) is 25.1 Å². The van der Waals surface area contributed by atoms with Crippen LogP contribution < -0.4 is 10.6 Å². The Morgan fingerprint density at radius 3 is 2.88 bits per heavy atom. The van der Waals surface area contributed by atoms with Crippen LogP contribution in [0.15, 0.2) is 40.8 Å². The summed E-state index contributed by atoms with van der Waals surface area (Å²) in [4.78, 5) is 29.9. The highest BCUT2D eigenvalue weighted by molar-refractivity contribution is 6.31. The lowest BCUT2D eigenvalue weighted by Crippen LogP contribution is -2.28. The molecule has 1 saturated heterocycles. The molecule has 1 aliphatic rings. The van der Waals surface area contributed by atoms with E-state index in [0.29, 0.717) is 28.6 Å². The van der Waals surface area contributed by atoms with Crippen molar-refractivity contribution >= 4 is 40.2 Å². The summed E-state index contributed by atoms with van der Waals surface area (Å²) in [5.74, 6) is -0.569. The van der Waals surface area contributed by atoms with Gasteiger partial charge in [0, 0.05) is 29.2 Å². The fourth-order valence-electron chi connectivity index (χ4n) is 3.29. The molecule has 2 N–H and O–H groups in total. The molecule has 0 spiro atoms. The Bertz CT molecular complexity index is 1040. The van der Waals surface area contributed by atoms with Crippen LogP contribution in [-0.4, -0.2) is 23.3 Å². The van der Waals surface area contributed by atoms with Crippen LogP contribution in [0.1, 0.15) is 12.0 Å². The lowest BCUT2D eigenvalue weighted by molar-refractivity contribution is -0.123. The van der Waals surface area contributed by atoms with Crippen LogP contribution in [-0.2, 0) is 9.59 Å². The van der Waals surface area contributed by atoms with E-state index in [1.54, 1.807) is 23.1 Å². The molecule has 1 atom stereocenters. The normalized spacial score (nSPS) is 17.2. The summed E-state index contributed by atoms with van der Waals surface area (Å²) in [6.45, 7) is 2.19. The highest BCUT2D eigenvalue weighted by atomic mass is 35.5. The van der Waals surface area contributed by atoms with Gasteiger partial charge in [0.2, 0.25) is 17.7 Å². The summed E-state index contributed by atoms with van der Waals surface area (Å²) >= 11 is 6.01. The third kappa shape index (κ3) is 2.72. The average molecular weight is 370 g/mol. The summed E-state index contributed by atoms with van der Waals surface area (Å²) < 4.78 is 5.85. The minimum absolute atomic E-state index is 0.113. The molecule has 1 aliphatic heterocycles. The summed E-state index contributed by atoms with van der Waals surface area (Å²) in [6, 6.07) is 10.8. The van der Waals surface area contributed by atoms with Crippen molar-refractivity contribution in [3.05, 3.63) is 47.0 Å². The number of anilines is 1. The number of primary amides is 1. The molecule has 2 heterocycles. The van der Waals surface area contributed by atoms with Gasteiger partial charge in [0.1, 0.15) is 5.52 Å². The maximum absolute atomic E-state index is 12.3. The molecule has 0 radical (unpaired) electrons. The average Bonchev–Trinajstić information content (AvgIpc) is 3.18. The van der Waals surface area contributed by atoms with Crippen LogP contribution in [0.2, 0.25) is 5.02 Å². The predicted octanol–water partition coefficient (Wildman–Crippen LogP) is 3.29. The first-order valence-corrected chi connectivity index (χ1v) is 8.57. The second kappa shape index (κ2) is 6.14. The largest absolute Gasteiger partial charge is 0.436 e. The molecule has 0 aliphatic carbocycles. The number of nitrogens with two attached hydrogens (primary N) is 1. The van der Waals surface area contributed by atoms with Crippen LogP contribution in [0, 0.1) is 12.8 Å². The van der Waals surface area contributed by atoms with Crippen molar-refractivity contribution in [2.24, 2.45) is 11.7 Å². The number of fused-ring (bicyclic) bond motifs is 1. The monoisotopic (exact) mass is 369 g/mol. The smallest absolute Gasteiger partial charge is 0.227 e. The quantitative estimate of drug-likeness (QED) is 0.767. The van der Waals surface area contributed by atoms with E-state index in [1.165, 1.54) is 0 Å². The Kier molecular flexibility index (Phi) is 3.92. The van der Waals surface area contributed by atoms with Crippen molar-refractivity contribution in [1.82, 2.24) is 4.98 Å². The molecule has 3 aromatic rings. The molecule has 7 heteroatoms. The summed E-state index contributed by atoms with van der Waals surface area (Å²) in [6.07, 6.45) is 0.139. The van der Waals surface area contributed by atoms with Gasteiger partial charge in [0.25, 0.3) is 0 Å². The number of carbonyl (C=O) groups excluding carboxylic acids is 2. The Balaban J connectivity index is 1.76. The van der Waals surface area contributed by atoms with E-state index in [4.69, 9.17) is 21.8 Å². The molecule has 6 nitrogen and oxygen atoms in total. The number of hydrogen-bond donors (Lipinski definition) is 1. The molecule has 132 valence electrons. The van der Waals surface area contributed by atoms with Crippen LogP contribution in [0.3, 0.4) is 0 Å². The van der Waals surface area contributed by atoms with Crippen LogP contribution in [0.4, 0.5) is 5.69 Å². The number of benzene rings is 2. The molecule has 1 fully saturated rings. The van der Waals surface area contributed by atoms with Crippen LogP contribution in [0.5, 0.6) is 0 Å². The highest BCUT2D eigenvalue weighted by Gasteiger charge is 2.34. The minimum Gasteiger partial charge on any atom is -0.436 e. The lowest BCUT2D eigenvalue weighted by atomic mass is 10.1. The standard InChI is InChI=1S/C19H16ClN3O3/c1-10-13(19-22-14-8-12(20)5-6-16(14)26-19)3-2-4-15(10)23-9-11(18(21)25)7-17(23)24/h2-6,8,11H,7,9H2,1H3,(H2,21,25). The van der Waals surface area contributed by atoms with Gasteiger partial charge in [-0.3, -0.25) is 9.59 Å².